The molecule has 3 N–H and O–H groups in total. The maximum Gasteiger partial charge on any atom is 0.305 e. The second-order valence-corrected chi connectivity index (χ2v) is 3.15. The smallest absolute Gasteiger partial charge is 0.305 e. The molecule has 4 nitrogen and oxygen atoms in total. The summed E-state index contributed by atoms with van der Waals surface area (Å²) in [6, 6.07) is -0.426. The number of hydrogen-bond acceptors (Lipinski definition) is 3. The maximum absolute atomic E-state index is 10.3. The van der Waals surface area contributed by atoms with Crippen molar-refractivity contribution in [2.75, 3.05) is 0 Å². The van der Waals surface area contributed by atoms with Gasteiger partial charge in [-0.05, 0) is 20.8 Å². The third-order valence-corrected chi connectivity index (χ3v) is 1.50. The Morgan fingerprint density at radius 3 is 2.33 bits per heavy atom. The zero-order valence-electron chi connectivity index (χ0n) is 7.78. The quantitative estimate of drug-likeness (QED) is 0.641. The predicted octanol–water partition coefficient (Wildman–Crippen LogP) is 0.602. The van der Waals surface area contributed by atoms with E-state index >= 15 is 0 Å². The molecule has 0 unspecified atom stereocenters. The Balaban J connectivity index is 3.76. The van der Waals surface area contributed by atoms with E-state index in [1.54, 1.807) is 6.92 Å². The average Bonchev–Trinajstić information content (AvgIpc) is 1.84. The van der Waals surface area contributed by atoms with Crippen LogP contribution in [0.2, 0.25) is 0 Å². The molecule has 0 aliphatic heterocycles. The summed E-state index contributed by atoms with van der Waals surface area (Å²) in [5, 5.41) is 8.43. The van der Waals surface area contributed by atoms with Crippen LogP contribution in [-0.4, -0.2) is 29.3 Å². The molecule has 0 aliphatic rings. The van der Waals surface area contributed by atoms with Gasteiger partial charge in [0.1, 0.15) is 0 Å². The van der Waals surface area contributed by atoms with Gasteiger partial charge in [-0.2, -0.15) is 0 Å². The Kier molecular flexibility index (Phi) is 4.85. The van der Waals surface area contributed by atoms with Gasteiger partial charge in [-0.15, -0.1) is 0 Å². The molecule has 4 heteroatoms. The molecule has 0 saturated heterocycles. The van der Waals surface area contributed by atoms with Crippen LogP contribution in [-0.2, 0) is 9.53 Å². The first-order valence-electron chi connectivity index (χ1n) is 4.06. The van der Waals surface area contributed by atoms with Gasteiger partial charge in [-0.25, -0.2) is 0 Å². The van der Waals surface area contributed by atoms with Crippen molar-refractivity contribution in [1.29, 1.82) is 0 Å². The summed E-state index contributed by atoms with van der Waals surface area (Å²) in [6.45, 7) is 5.57. The Morgan fingerprint density at radius 2 is 2.00 bits per heavy atom. The lowest BCUT2D eigenvalue weighted by molar-refractivity contribution is -0.138. The summed E-state index contributed by atoms with van der Waals surface area (Å²) in [4.78, 5) is 10.3. The van der Waals surface area contributed by atoms with E-state index in [4.69, 9.17) is 15.6 Å². The summed E-state index contributed by atoms with van der Waals surface area (Å²) in [6.07, 6.45) is -0.172. The van der Waals surface area contributed by atoms with Crippen LogP contribution in [0.5, 0.6) is 0 Å². The fourth-order valence-corrected chi connectivity index (χ4v) is 0.898. The highest BCUT2D eigenvalue weighted by atomic mass is 16.5. The lowest BCUT2D eigenvalue weighted by Crippen LogP contribution is -2.37. The Morgan fingerprint density at radius 1 is 1.50 bits per heavy atom. The van der Waals surface area contributed by atoms with E-state index in [0.29, 0.717) is 0 Å². The zero-order chi connectivity index (χ0) is 9.72. The van der Waals surface area contributed by atoms with Crippen LogP contribution in [0.3, 0.4) is 0 Å². The van der Waals surface area contributed by atoms with Gasteiger partial charge in [0.05, 0.1) is 18.6 Å². The minimum atomic E-state index is -0.887. The van der Waals surface area contributed by atoms with Crippen LogP contribution in [0, 0.1) is 0 Å². The Labute approximate surface area is 72.7 Å². The van der Waals surface area contributed by atoms with Crippen LogP contribution in [0.15, 0.2) is 0 Å². The molecule has 0 radical (unpaired) electrons. The lowest BCUT2D eigenvalue weighted by atomic mass is 10.1. The van der Waals surface area contributed by atoms with Crippen molar-refractivity contribution in [3.05, 3.63) is 0 Å². The van der Waals surface area contributed by atoms with Crippen molar-refractivity contribution in [3.63, 3.8) is 0 Å². The summed E-state index contributed by atoms with van der Waals surface area (Å²) >= 11 is 0. The maximum atomic E-state index is 10.3. The summed E-state index contributed by atoms with van der Waals surface area (Å²) in [5.74, 6) is -0.887. The topological polar surface area (TPSA) is 72.5 Å². The molecule has 0 fully saturated rings. The molecular weight excluding hydrogens is 158 g/mol. The zero-order valence-corrected chi connectivity index (χ0v) is 7.78. The molecule has 0 heterocycles. The molecule has 0 aromatic carbocycles. The standard InChI is InChI=1S/C8H17NO3/c1-5(2)12-6(3)7(9)4-8(10)11/h5-7H,4,9H2,1-3H3,(H,10,11)/t6-,7-/m0/s1. The van der Waals surface area contributed by atoms with Gasteiger partial charge in [-0.3, -0.25) is 4.79 Å². The Hall–Kier alpha value is -0.610. The molecule has 0 amide bonds. The van der Waals surface area contributed by atoms with Gasteiger partial charge in [-0.1, -0.05) is 0 Å². The van der Waals surface area contributed by atoms with Crippen molar-refractivity contribution in [1.82, 2.24) is 0 Å². The van der Waals surface area contributed by atoms with Gasteiger partial charge in [0.25, 0.3) is 0 Å². The van der Waals surface area contributed by atoms with Crippen LogP contribution in [0.1, 0.15) is 27.2 Å². The van der Waals surface area contributed by atoms with Gasteiger partial charge < -0.3 is 15.6 Å². The second-order valence-electron chi connectivity index (χ2n) is 3.15. The minimum Gasteiger partial charge on any atom is -0.481 e. The van der Waals surface area contributed by atoms with E-state index in [-0.39, 0.29) is 18.6 Å². The summed E-state index contributed by atoms with van der Waals surface area (Å²) in [5.41, 5.74) is 5.56. The van der Waals surface area contributed by atoms with Crippen LogP contribution in [0.4, 0.5) is 0 Å². The first-order chi connectivity index (χ1) is 5.43. The van der Waals surface area contributed by atoms with Gasteiger partial charge in [0.15, 0.2) is 0 Å². The molecule has 0 spiro atoms. The van der Waals surface area contributed by atoms with Crippen molar-refractivity contribution < 1.29 is 14.6 Å². The molecule has 0 rings (SSSR count). The van der Waals surface area contributed by atoms with E-state index < -0.39 is 12.0 Å². The van der Waals surface area contributed by atoms with Crippen molar-refractivity contribution >= 4 is 5.97 Å². The number of hydrogen-bond donors (Lipinski definition) is 2. The molecule has 72 valence electrons. The molecule has 0 aliphatic carbocycles. The highest BCUT2D eigenvalue weighted by molar-refractivity contribution is 5.67. The van der Waals surface area contributed by atoms with Crippen molar-refractivity contribution in [2.45, 2.75) is 45.4 Å². The average molecular weight is 175 g/mol. The van der Waals surface area contributed by atoms with Gasteiger partial charge >= 0.3 is 5.97 Å². The van der Waals surface area contributed by atoms with E-state index in [0.717, 1.165) is 0 Å². The molecule has 0 aromatic rings. The second kappa shape index (κ2) is 5.11. The lowest BCUT2D eigenvalue weighted by Gasteiger charge is -2.21. The normalized spacial score (nSPS) is 16.1. The van der Waals surface area contributed by atoms with Crippen molar-refractivity contribution in [3.8, 4) is 0 Å². The number of ether oxygens (including phenoxy) is 1. The van der Waals surface area contributed by atoms with E-state index in [2.05, 4.69) is 0 Å². The molecular formula is C8H17NO3. The fourth-order valence-electron chi connectivity index (χ4n) is 0.898. The van der Waals surface area contributed by atoms with Crippen LogP contribution in [0.25, 0.3) is 0 Å². The largest absolute Gasteiger partial charge is 0.481 e. The number of carboxylic acids is 1. The number of rotatable bonds is 5. The minimum absolute atomic E-state index is 0.0477. The van der Waals surface area contributed by atoms with Crippen molar-refractivity contribution in [2.24, 2.45) is 5.73 Å². The predicted molar refractivity (Wildman–Crippen MR) is 45.9 cm³/mol. The fraction of sp³-hybridized carbons (Fsp3) is 0.875. The number of carboxylic acid groups (broad SMARTS) is 1. The highest BCUT2D eigenvalue weighted by Gasteiger charge is 2.17. The molecule has 2 atom stereocenters. The van der Waals surface area contributed by atoms with Crippen LogP contribution < -0.4 is 5.73 Å². The van der Waals surface area contributed by atoms with E-state index in [1.807, 2.05) is 13.8 Å². The number of carbonyl (C=O) groups is 1. The van der Waals surface area contributed by atoms with E-state index in [9.17, 15) is 4.79 Å². The summed E-state index contributed by atoms with van der Waals surface area (Å²) < 4.78 is 5.32. The first-order valence-corrected chi connectivity index (χ1v) is 4.06. The van der Waals surface area contributed by atoms with E-state index in [1.165, 1.54) is 0 Å². The monoisotopic (exact) mass is 175 g/mol. The third-order valence-electron chi connectivity index (χ3n) is 1.50. The number of aliphatic carboxylic acids is 1. The highest BCUT2D eigenvalue weighted by Crippen LogP contribution is 2.03. The molecule has 12 heavy (non-hydrogen) atoms. The number of nitrogens with two attached hydrogens (primary N) is 1. The van der Waals surface area contributed by atoms with Gasteiger partial charge in [0, 0.05) is 6.04 Å². The first kappa shape index (κ1) is 11.4. The SMILES string of the molecule is CC(C)O[C@@H](C)[C@@H](N)CC(=O)O. The molecule has 0 bridgehead atoms. The molecule has 0 aromatic heterocycles. The third kappa shape index (κ3) is 5.09. The van der Waals surface area contributed by atoms with Crippen LogP contribution >= 0.6 is 0 Å². The molecule has 0 saturated carbocycles. The summed E-state index contributed by atoms with van der Waals surface area (Å²) in [7, 11) is 0. The Bertz CT molecular complexity index is 147. The van der Waals surface area contributed by atoms with Gasteiger partial charge in [0.2, 0.25) is 0 Å².